The fourth-order valence-corrected chi connectivity index (χ4v) is 2.49. The maximum atomic E-state index is 12.1. The van der Waals surface area contributed by atoms with Crippen molar-refractivity contribution in [2.24, 2.45) is 0 Å². The number of hydrogen-bond donors (Lipinski definition) is 2. The van der Waals surface area contributed by atoms with Crippen molar-refractivity contribution in [1.29, 1.82) is 0 Å². The summed E-state index contributed by atoms with van der Waals surface area (Å²) in [6, 6.07) is 10.00. The van der Waals surface area contributed by atoms with Crippen LogP contribution < -0.4 is 10.6 Å². The van der Waals surface area contributed by atoms with Crippen LogP contribution in [-0.4, -0.2) is 28.3 Å². The van der Waals surface area contributed by atoms with Crippen LogP contribution >= 0.6 is 12.4 Å². The zero-order chi connectivity index (χ0) is 13.8. The zero-order valence-electron chi connectivity index (χ0n) is 11.7. The van der Waals surface area contributed by atoms with Gasteiger partial charge < -0.3 is 10.6 Å². The summed E-state index contributed by atoms with van der Waals surface area (Å²) >= 11 is 0. The van der Waals surface area contributed by atoms with Crippen LogP contribution in [0.2, 0.25) is 0 Å². The molecule has 1 aliphatic rings. The van der Waals surface area contributed by atoms with Gasteiger partial charge in [-0.3, -0.25) is 9.48 Å². The standard InChI is InChI=1S/C15H18N4O.ClH/c20-15(16-7-9-19-8-3-6-18-19)14-10-12-4-1-2-5-13(12)11-17-14;/h1-6,8,14,17H,7,9-11H2,(H,16,20);1H. The van der Waals surface area contributed by atoms with Crippen molar-refractivity contribution in [2.75, 3.05) is 6.54 Å². The van der Waals surface area contributed by atoms with Crippen LogP contribution in [0.1, 0.15) is 11.1 Å². The summed E-state index contributed by atoms with van der Waals surface area (Å²) in [5.74, 6) is 0.0617. The molecule has 0 fully saturated rings. The zero-order valence-corrected chi connectivity index (χ0v) is 12.5. The highest BCUT2D eigenvalue weighted by Crippen LogP contribution is 2.16. The van der Waals surface area contributed by atoms with E-state index in [1.54, 1.807) is 6.20 Å². The molecule has 0 aliphatic carbocycles. The van der Waals surface area contributed by atoms with Crippen LogP contribution in [0.5, 0.6) is 0 Å². The number of fused-ring (bicyclic) bond motifs is 1. The molecule has 1 aromatic heterocycles. The average molecular weight is 307 g/mol. The molecule has 1 amide bonds. The molecule has 2 aromatic rings. The Bertz CT molecular complexity index is 585. The summed E-state index contributed by atoms with van der Waals surface area (Å²) in [5.41, 5.74) is 2.55. The molecule has 1 unspecified atom stereocenters. The third kappa shape index (κ3) is 3.83. The number of rotatable bonds is 4. The van der Waals surface area contributed by atoms with E-state index in [9.17, 15) is 4.79 Å². The minimum atomic E-state index is -0.137. The second kappa shape index (κ2) is 7.24. The number of aromatic nitrogens is 2. The van der Waals surface area contributed by atoms with Crippen molar-refractivity contribution in [1.82, 2.24) is 20.4 Å². The number of hydrogen-bond acceptors (Lipinski definition) is 3. The van der Waals surface area contributed by atoms with Crippen molar-refractivity contribution in [3.8, 4) is 0 Å². The van der Waals surface area contributed by atoms with Gasteiger partial charge in [-0.2, -0.15) is 5.10 Å². The van der Waals surface area contributed by atoms with Gasteiger partial charge in [0.25, 0.3) is 0 Å². The van der Waals surface area contributed by atoms with E-state index in [1.807, 2.05) is 29.1 Å². The monoisotopic (exact) mass is 306 g/mol. The molecular weight excluding hydrogens is 288 g/mol. The van der Waals surface area contributed by atoms with Gasteiger partial charge in [-0.15, -0.1) is 12.4 Å². The largest absolute Gasteiger partial charge is 0.353 e. The molecule has 1 aromatic carbocycles. The molecule has 1 atom stereocenters. The Labute approximate surface area is 130 Å². The number of carbonyl (C=O) groups excluding carboxylic acids is 1. The van der Waals surface area contributed by atoms with Crippen molar-refractivity contribution >= 4 is 18.3 Å². The molecule has 0 saturated carbocycles. The lowest BCUT2D eigenvalue weighted by molar-refractivity contribution is -0.123. The van der Waals surface area contributed by atoms with Crippen LogP contribution in [0.15, 0.2) is 42.7 Å². The minimum absolute atomic E-state index is 0. The topological polar surface area (TPSA) is 59.0 Å². The quantitative estimate of drug-likeness (QED) is 0.890. The Morgan fingerprint density at radius 3 is 2.90 bits per heavy atom. The highest BCUT2D eigenvalue weighted by atomic mass is 35.5. The van der Waals surface area contributed by atoms with E-state index in [2.05, 4.69) is 27.9 Å². The lowest BCUT2D eigenvalue weighted by atomic mass is 9.95. The first-order valence-electron chi connectivity index (χ1n) is 6.88. The molecule has 0 radical (unpaired) electrons. The Balaban J connectivity index is 0.00000161. The van der Waals surface area contributed by atoms with E-state index in [-0.39, 0.29) is 24.4 Å². The molecule has 21 heavy (non-hydrogen) atoms. The Kier molecular flexibility index (Phi) is 5.36. The number of benzene rings is 1. The second-order valence-corrected chi connectivity index (χ2v) is 4.97. The van der Waals surface area contributed by atoms with Crippen LogP contribution in [0.4, 0.5) is 0 Å². The van der Waals surface area contributed by atoms with Gasteiger partial charge in [0.2, 0.25) is 5.91 Å². The molecule has 0 spiro atoms. The van der Waals surface area contributed by atoms with E-state index < -0.39 is 0 Å². The molecule has 0 bridgehead atoms. The molecule has 6 heteroatoms. The molecule has 0 saturated heterocycles. The normalized spacial score (nSPS) is 16.7. The fourth-order valence-electron chi connectivity index (χ4n) is 2.49. The Morgan fingerprint density at radius 1 is 1.33 bits per heavy atom. The predicted molar refractivity (Wildman–Crippen MR) is 83.3 cm³/mol. The number of nitrogens with zero attached hydrogens (tertiary/aromatic N) is 2. The van der Waals surface area contributed by atoms with Crippen LogP contribution in [0.25, 0.3) is 0 Å². The van der Waals surface area contributed by atoms with Crippen molar-refractivity contribution in [3.63, 3.8) is 0 Å². The summed E-state index contributed by atoms with van der Waals surface area (Å²) < 4.78 is 1.81. The molecule has 112 valence electrons. The molecular formula is C15H19ClN4O. The first-order chi connectivity index (χ1) is 9.83. The summed E-state index contributed by atoms with van der Waals surface area (Å²) in [4.78, 5) is 12.1. The predicted octanol–water partition coefficient (Wildman–Crippen LogP) is 1.14. The van der Waals surface area contributed by atoms with Crippen LogP contribution in [-0.2, 0) is 24.3 Å². The van der Waals surface area contributed by atoms with Crippen molar-refractivity contribution in [2.45, 2.75) is 25.6 Å². The lowest BCUT2D eigenvalue weighted by Crippen LogP contribution is -2.48. The SMILES string of the molecule is Cl.O=C(NCCn1cccn1)C1Cc2ccccc2CN1. The van der Waals surface area contributed by atoms with Gasteiger partial charge in [-0.05, 0) is 23.6 Å². The second-order valence-electron chi connectivity index (χ2n) is 4.97. The average Bonchev–Trinajstić information content (AvgIpc) is 3.00. The third-order valence-electron chi connectivity index (χ3n) is 3.60. The van der Waals surface area contributed by atoms with Gasteiger partial charge in [0.1, 0.15) is 0 Å². The number of halogens is 1. The van der Waals surface area contributed by atoms with E-state index in [0.717, 1.165) is 13.0 Å². The third-order valence-corrected chi connectivity index (χ3v) is 3.60. The van der Waals surface area contributed by atoms with E-state index >= 15 is 0 Å². The number of carbonyl (C=O) groups is 1. The van der Waals surface area contributed by atoms with Gasteiger partial charge in [-0.25, -0.2) is 0 Å². The number of amides is 1. The van der Waals surface area contributed by atoms with Gasteiger partial charge in [-0.1, -0.05) is 24.3 Å². The molecule has 3 rings (SSSR count). The molecule has 2 heterocycles. The van der Waals surface area contributed by atoms with Gasteiger partial charge in [0, 0.05) is 25.5 Å². The van der Waals surface area contributed by atoms with E-state index in [0.29, 0.717) is 13.1 Å². The fraction of sp³-hybridized carbons (Fsp3) is 0.333. The maximum absolute atomic E-state index is 12.1. The summed E-state index contributed by atoms with van der Waals surface area (Å²) in [6.07, 6.45) is 4.38. The molecule has 5 nitrogen and oxygen atoms in total. The number of nitrogens with one attached hydrogen (secondary N) is 2. The van der Waals surface area contributed by atoms with Gasteiger partial charge >= 0.3 is 0 Å². The smallest absolute Gasteiger partial charge is 0.237 e. The minimum Gasteiger partial charge on any atom is -0.353 e. The van der Waals surface area contributed by atoms with E-state index in [1.165, 1.54) is 11.1 Å². The highest BCUT2D eigenvalue weighted by molar-refractivity contribution is 5.85. The Morgan fingerprint density at radius 2 is 2.14 bits per heavy atom. The van der Waals surface area contributed by atoms with Crippen LogP contribution in [0, 0.1) is 0 Å². The maximum Gasteiger partial charge on any atom is 0.237 e. The van der Waals surface area contributed by atoms with Crippen molar-refractivity contribution in [3.05, 3.63) is 53.9 Å². The first-order valence-corrected chi connectivity index (χ1v) is 6.88. The molecule has 2 N–H and O–H groups in total. The lowest BCUT2D eigenvalue weighted by Gasteiger charge is -2.25. The summed E-state index contributed by atoms with van der Waals surface area (Å²) in [7, 11) is 0. The highest BCUT2D eigenvalue weighted by Gasteiger charge is 2.23. The van der Waals surface area contributed by atoms with Crippen LogP contribution in [0.3, 0.4) is 0 Å². The molecule has 1 aliphatic heterocycles. The first kappa shape index (κ1) is 15.5. The van der Waals surface area contributed by atoms with Gasteiger partial charge in [0.15, 0.2) is 0 Å². The summed E-state index contributed by atoms with van der Waals surface area (Å²) in [5, 5.41) is 10.3. The summed E-state index contributed by atoms with van der Waals surface area (Å²) in [6.45, 7) is 2.05. The van der Waals surface area contributed by atoms with Gasteiger partial charge in [0.05, 0.1) is 12.6 Å². The Hall–Kier alpha value is -1.85. The van der Waals surface area contributed by atoms with E-state index in [4.69, 9.17) is 0 Å². The van der Waals surface area contributed by atoms with Crippen molar-refractivity contribution < 1.29 is 4.79 Å².